The van der Waals surface area contributed by atoms with Crippen LogP contribution in [-0.2, 0) is 0 Å². The Hall–Kier alpha value is -6.38. The van der Waals surface area contributed by atoms with Crippen molar-refractivity contribution in [2.75, 3.05) is 4.90 Å². The molecule has 48 heavy (non-hydrogen) atoms. The Labute approximate surface area is 293 Å². The van der Waals surface area contributed by atoms with Gasteiger partial charge in [0.15, 0.2) is 0 Å². The molecule has 0 radical (unpaired) electrons. The summed E-state index contributed by atoms with van der Waals surface area (Å²) in [6.45, 7) is 0. The third-order valence-electron chi connectivity index (χ3n) is 8.73. The lowest BCUT2D eigenvalue weighted by Crippen LogP contribution is -2.11. The quantitative estimate of drug-likeness (QED) is 0.179. The molecule has 0 N–H and O–H groups in total. The lowest BCUT2D eigenvalue weighted by Gasteiger charge is -2.28. The molecule has 1 aromatic heterocycles. The molecule has 1 heterocycles. The van der Waals surface area contributed by atoms with Crippen molar-refractivity contribution in [2.24, 2.45) is 0 Å². The maximum absolute atomic E-state index is 9.50. The number of rotatable bonds is 6. The number of anilines is 3. The van der Waals surface area contributed by atoms with Crippen LogP contribution in [-0.4, -0.2) is 4.57 Å². The number of benzene rings is 8. The van der Waals surface area contributed by atoms with Crippen LogP contribution in [0.3, 0.4) is 0 Å². The van der Waals surface area contributed by atoms with Gasteiger partial charge in [-0.2, -0.15) is 0 Å². The molecule has 2 nitrogen and oxygen atoms in total. The molecule has 0 aliphatic rings. The zero-order valence-electron chi connectivity index (χ0n) is 34.7. The molecule has 9 aromatic rings. The highest BCUT2D eigenvalue weighted by Gasteiger charge is 2.18. The van der Waals surface area contributed by atoms with Gasteiger partial charge >= 0.3 is 0 Å². The van der Waals surface area contributed by atoms with Crippen LogP contribution in [0.5, 0.6) is 0 Å². The molecule has 9 rings (SSSR count). The molecule has 0 aliphatic carbocycles. The van der Waals surface area contributed by atoms with E-state index < -0.39 is 42.3 Å². The minimum Gasteiger partial charge on any atom is -0.310 e. The maximum Gasteiger partial charge on any atom is 0.0645 e. The standard InChI is InChI=1S/C46H32N2/c1-3-14-35(15-4-1)41-19-9-11-21-44(41)47(38-17-5-2-6-18-38)39-27-23-34(24-28-39)37-26-30-46-43(32-37)42-20-10-12-22-45(42)48(46)40-29-25-33-13-7-8-16-36(33)31-40/h1-32H/i2D,5D,6D,17D,18D,23D,24D,27D,28D. The van der Waals surface area contributed by atoms with Gasteiger partial charge in [-0.3, -0.25) is 0 Å². The Balaban J connectivity index is 1.28. The average molecular weight is 622 g/mol. The highest BCUT2D eigenvalue weighted by molar-refractivity contribution is 6.10. The van der Waals surface area contributed by atoms with Gasteiger partial charge in [0.25, 0.3) is 0 Å². The predicted molar refractivity (Wildman–Crippen MR) is 204 cm³/mol. The zero-order valence-corrected chi connectivity index (χ0v) is 25.7. The number of nitrogens with zero attached hydrogens (tertiary/aromatic N) is 2. The summed E-state index contributed by atoms with van der Waals surface area (Å²) in [5.41, 5.74) is 4.54. The van der Waals surface area contributed by atoms with Crippen LogP contribution in [0.25, 0.3) is 60.5 Å². The number of hydrogen-bond acceptors (Lipinski definition) is 1. The minimum absolute atomic E-state index is 0.0792. The van der Waals surface area contributed by atoms with Gasteiger partial charge in [0.05, 0.1) is 29.1 Å². The first kappa shape index (κ1) is 20.0. The Bertz CT molecular complexity index is 3030. The summed E-state index contributed by atoms with van der Waals surface area (Å²) in [5.74, 6) is 0. The van der Waals surface area contributed by atoms with Crippen molar-refractivity contribution in [3.05, 3.63) is 194 Å². The van der Waals surface area contributed by atoms with Gasteiger partial charge in [-0.1, -0.05) is 133 Å². The van der Waals surface area contributed by atoms with E-state index in [1.165, 1.54) is 4.90 Å². The molecular weight excluding hydrogens is 581 g/mol. The van der Waals surface area contributed by atoms with Gasteiger partial charge in [0.2, 0.25) is 0 Å². The Morgan fingerprint density at radius 3 is 1.98 bits per heavy atom. The van der Waals surface area contributed by atoms with Crippen LogP contribution in [0.4, 0.5) is 17.1 Å². The Morgan fingerprint density at radius 1 is 0.438 bits per heavy atom. The molecule has 0 amide bonds. The van der Waals surface area contributed by atoms with Gasteiger partial charge in [-0.05, 0) is 88.0 Å². The van der Waals surface area contributed by atoms with E-state index >= 15 is 0 Å². The molecule has 0 atom stereocenters. The summed E-state index contributed by atoms with van der Waals surface area (Å²) in [4.78, 5) is 1.29. The Kier molecular flexibility index (Phi) is 4.90. The van der Waals surface area contributed by atoms with E-state index in [2.05, 4.69) is 41.0 Å². The third-order valence-corrected chi connectivity index (χ3v) is 8.73. The summed E-state index contributed by atoms with van der Waals surface area (Å²) in [6.07, 6.45) is 0. The number of fused-ring (bicyclic) bond motifs is 4. The normalized spacial score (nSPS) is 14.0. The molecular formula is C46H32N2. The van der Waals surface area contributed by atoms with E-state index in [4.69, 9.17) is 6.85 Å². The average Bonchev–Trinajstić information content (AvgIpc) is 3.57. The second-order valence-corrected chi connectivity index (χ2v) is 11.5. The van der Waals surface area contributed by atoms with Crippen LogP contribution < -0.4 is 4.90 Å². The summed E-state index contributed by atoms with van der Waals surface area (Å²) in [5, 5.41) is 4.06. The van der Waals surface area contributed by atoms with Gasteiger partial charge in [-0.15, -0.1) is 0 Å². The molecule has 0 saturated carbocycles. The van der Waals surface area contributed by atoms with E-state index in [9.17, 15) is 5.48 Å². The smallest absolute Gasteiger partial charge is 0.0645 e. The topological polar surface area (TPSA) is 8.17 Å². The summed E-state index contributed by atoms with van der Waals surface area (Å²) >= 11 is 0. The van der Waals surface area contributed by atoms with Crippen molar-refractivity contribution >= 4 is 49.6 Å². The molecule has 2 heteroatoms. The first-order valence-electron chi connectivity index (χ1n) is 20.2. The predicted octanol–water partition coefficient (Wildman–Crippen LogP) is 12.7. The molecule has 0 spiro atoms. The largest absolute Gasteiger partial charge is 0.310 e. The summed E-state index contributed by atoms with van der Waals surface area (Å²) in [6, 6.07) is 40.1. The molecule has 226 valence electrons. The van der Waals surface area contributed by atoms with E-state index in [0.29, 0.717) is 16.8 Å². The summed E-state index contributed by atoms with van der Waals surface area (Å²) in [7, 11) is 0. The molecule has 0 saturated heterocycles. The van der Waals surface area contributed by atoms with Crippen molar-refractivity contribution in [2.45, 2.75) is 0 Å². The Morgan fingerprint density at radius 2 is 1.12 bits per heavy atom. The van der Waals surface area contributed by atoms with Crippen molar-refractivity contribution < 1.29 is 12.3 Å². The SMILES string of the molecule is [2H]c1c([2H])c([2H])c(N(c2ccccc2-c2ccccc2)c2c([2H])c([2H])c(-c3ccc4c(c3)c3ccccc3n4-c3ccc4ccccc4c3)c([2H])c2[2H])c([2H])c1[2H]. The third kappa shape index (κ3) is 4.83. The van der Waals surface area contributed by atoms with Gasteiger partial charge < -0.3 is 9.47 Å². The number of aromatic nitrogens is 1. The maximum atomic E-state index is 9.50. The van der Waals surface area contributed by atoms with E-state index in [0.717, 1.165) is 43.8 Å². The van der Waals surface area contributed by atoms with Crippen LogP contribution in [0.1, 0.15) is 12.3 Å². The van der Waals surface area contributed by atoms with E-state index in [1.54, 1.807) is 30.3 Å². The second-order valence-electron chi connectivity index (χ2n) is 11.5. The molecule has 0 unspecified atom stereocenters. The molecule has 8 aromatic carbocycles. The van der Waals surface area contributed by atoms with Gasteiger partial charge in [-0.25, -0.2) is 0 Å². The number of para-hydroxylation sites is 3. The highest BCUT2D eigenvalue weighted by atomic mass is 15.1. The van der Waals surface area contributed by atoms with Crippen molar-refractivity contribution in [3.8, 4) is 27.9 Å². The van der Waals surface area contributed by atoms with Crippen molar-refractivity contribution in [1.29, 1.82) is 0 Å². The highest BCUT2D eigenvalue weighted by Crippen LogP contribution is 2.41. The van der Waals surface area contributed by atoms with Crippen LogP contribution in [0.2, 0.25) is 0 Å². The van der Waals surface area contributed by atoms with Gasteiger partial charge in [0.1, 0.15) is 0 Å². The fraction of sp³-hybridized carbons (Fsp3) is 0. The molecule has 0 fully saturated rings. The molecule has 0 aliphatic heterocycles. The number of hydrogen-bond donors (Lipinski definition) is 0. The lowest BCUT2D eigenvalue weighted by atomic mass is 10.0. The van der Waals surface area contributed by atoms with E-state index in [1.807, 2.05) is 72.8 Å². The first-order chi connectivity index (χ1) is 27.6. The minimum atomic E-state index is -0.587. The second kappa shape index (κ2) is 11.8. The van der Waals surface area contributed by atoms with Crippen molar-refractivity contribution in [3.63, 3.8) is 0 Å². The molecule has 0 bridgehead atoms. The van der Waals surface area contributed by atoms with Crippen LogP contribution in [0.15, 0.2) is 194 Å². The van der Waals surface area contributed by atoms with Crippen LogP contribution >= 0.6 is 0 Å². The lowest BCUT2D eigenvalue weighted by molar-refractivity contribution is 1.19. The van der Waals surface area contributed by atoms with Gasteiger partial charge in [0, 0.05) is 33.4 Å². The first-order valence-corrected chi connectivity index (χ1v) is 15.7. The monoisotopic (exact) mass is 621 g/mol. The van der Waals surface area contributed by atoms with Crippen molar-refractivity contribution in [1.82, 2.24) is 4.57 Å². The zero-order chi connectivity index (χ0) is 39.7. The van der Waals surface area contributed by atoms with Crippen LogP contribution in [0, 0.1) is 0 Å². The summed E-state index contributed by atoms with van der Waals surface area (Å²) < 4.78 is 83.4. The fourth-order valence-electron chi connectivity index (χ4n) is 6.52. The van der Waals surface area contributed by atoms with E-state index in [-0.39, 0.29) is 29.0 Å². The fourth-order valence-corrected chi connectivity index (χ4v) is 6.52.